The van der Waals surface area contributed by atoms with E-state index in [1.165, 1.54) is 5.56 Å². The monoisotopic (exact) mass is 315 g/mol. The van der Waals surface area contributed by atoms with Crippen molar-refractivity contribution in [1.29, 1.82) is 0 Å². The van der Waals surface area contributed by atoms with Crippen LogP contribution in [0.25, 0.3) is 33.1 Å². The van der Waals surface area contributed by atoms with Crippen LogP contribution in [0.1, 0.15) is 0 Å². The SMILES string of the molecule is c1ccc(-c2ccncc2-c2nc(-c3ccccn3)cs2)cc1. The van der Waals surface area contributed by atoms with E-state index in [0.29, 0.717) is 0 Å². The molecule has 0 saturated carbocycles. The van der Waals surface area contributed by atoms with Gasteiger partial charge >= 0.3 is 0 Å². The first-order valence-corrected chi connectivity index (χ1v) is 8.16. The lowest BCUT2D eigenvalue weighted by molar-refractivity contribution is 1.27. The molecule has 0 unspecified atom stereocenters. The van der Waals surface area contributed by atoms with E-state index in [0.717, 1.165) is 27.5 Å². The summed E-state index contributed by atoms with van der Waals surface area (Å²) in [4.78, 5) is 13.4. The van der Waals surface area contributed by atoms with E-state index in [4.69, 9.17) is 4.98 Å². The average molecular weight is 315 g/mol. The maximum absolute atomic E-state index is 4.75. The Labute approximate surface area is 138 Å². The lowest BCUT2D eigenvalue weighted by Crippen LogP contribution is -1.87. The number of benzene rings is 1. The molecule has 0 fully saturated rings. The van der Waals surface area contributed by atoms with E-state index in [9.17, 15) is 0 Å². The molecule has 0 radical (unpaired) electrons. The Morgan fingerprint density at radius 1 is 0.739 bits per heavy atom. The molecule has 0 aliphatic rings. The Kier molecular flexibility index (Phi) is 3.66. The maximum Gasteiger partial charge on any atom is 0.126 e. The molecule has 0 aliphatic heterocycles. The molecule has 3 aromatic heterocycles. The lowest BCUT2D eigenvalue weighted by atomic mass is 10.0. The zero-order valence-corrected chi connectivity index (χ0v) is 13.1. The van der Waals surface area contributed by atoms with Crippen LogP contribution in [0.5, 0.6) is 0 Å². The standard InChI is InChI=1S/C19H13N3S/c1-2-6-14(7-3-1)15-9-11-20-12-16(15)19-22-18(13-23-19)17-8-4-5-10-21-17/h1-13H. The molecule has 3 nitrogen and oxygen atoms in total. The van der Waals surface area contributed by atoms with E-state index in [1.807, 2.05) is 60.2 Å². The number of pyridine rings is 2. The molecular weight excluding hydrogens is 302 g/mol. The smallest absolute Gasteiger partial charge is 0.126 e. The van der Waals surface area contributed by atoms with Gasteiger partial charge in [-0.15, -0.1) is 11.3 Å². The third kappa shape index (κ3) is 2.76. The van der Waals surface area contributed by atoms with Crippen LogP contribution in [0.2, 0.25) is 0 Å². The number of rotatable bonds is 3. The second-order valence-electron chi connectivity index (χ2n) is 5.04. The number of hydrogen-bond donors (Lipinski definition) is 0. The molecule has 3 heterocycles. The van der Waals surface area contributed by atoms with Crippen molar-refractivity contribution in [2.45, 2.75) is 0 Å². The van der Waals surface area contributed by atoms with Crippen molar-refractivity contribution in [3.8, 4) is 33.1 Å². The molecule has 0 saturated heterocycles. The molecular formula is C19H13N3S. The van der Waals surface area contributed by atoms with Crippen molar-refractivity contribution < 1.29 is 0 Å². The van der Waals surface area contributed by atoms with Crippen LogP contribution in [-0.2, 0) is 0 Å². The summed E-state index contributed by atoms with van der Waals surface area (Å²) in [5, 5.41) is 3.00. The molecule has 4 heteroatoms. The summed E-state index contributed by atoms with van der Waals surface area (Å²) in [6.45, 7) is 0. The van der Waals surface area contributed by atoms with E-state index < -0.39 is 0 Å². The molecule has 0 amide bonds. The molecule has 1 aromatic carbocycles. The second-order valence-corrected chi connectivity index (χ2v) is 5.90. The van der Waals surface area contributed by atoms with Gasteiger partial charge in [-0.2, -0.15) is 0 Å². The minimum atomic E-state index is 0.889. The van der Waals surface area contributed by atoms with Gasteiger partial charge in [0.05, 0.1) is 5.69 Å². The largest absolute Gasteiger partial charge is 0.264 e. The summed E-state index contributed by atoms with van der Waals surface area (Å²) >= 11 is 1.62. The van der Waals surface area contributed by atoms with Crippen molar-refractivity contribution >= 4 is 11.3 Å². The first-order valence-electron chi connectivity index (χ1n) is 7.28. The summed E-state index contributed by atoms with van der Waals surface area (Å²) in [6.07, 6.45) is 5.48. The van der Waals surface area contributed by atoms with Gasteiger partial charge in [0.25, 0.3) is 0 Å². The minimum Gasteiger partial charge on any atom is -0.264 e. The average Bonchev–Trinajstić information content (AvgIpc) is 3.13. The normalized spacial score (nSPS) is 10.6. The number of thiazole rings is 1. The van der Waals surface area contributed by atoms with Crippen LogP contribution < -0.4 is 0 Å². The minimum absolute atomic E-state index is 0.889. The van der Waals surface area contributed by atoms with Gasteiger partial charge in [0, 0.05) is 29.5 Å². The number of nitrogens with zero attached hydrogens (tertiary/aromatic N) is 3. The van der Waals surface area contributed by atoms with Crippen molar-refractivity contribution in [2.24, 2.45) is 0 Å². The zero-order valence-electron chi connectivity index (χ0n) is 12.3. The van der Waals surface area contributed by atoms with Crippen molar-refractivity contribution in [1.82, 2.24) is 15.0 Å². The van der Waals surface area contributed by atoms with Gasteiger partial charge in [-0.25, -0.2) is 4.98 Å². The van der Waals surface area contributed by atoms with E-state index in [-0.39, 0.29) is 0 Å². The highest BCUT2D eigenvalue weighted by Gasteiger charge is 2.12. The molecule has 110 valence electrons. The summed E-state index contributed by atoms with van der Waals surface area (Å²) in [5.41, 5.74) is 5.14. The number of aromatic nitrogens is 3. The molecule has 4 rings (SSSR count). The van der Waals surface area contributed by atoms with Crippen LogP contribution in [-0.4, -0.2) is 15.0 Å². The highest BCUT2D eigenvalue weighted by atomic mass is 32.1. The molecule has 0 bridgehead atoms. The van der Waals surface area contributed by atoms with E-state index in [1.54, 1.807) is 17.5 Å². The Hall–Kier alpha value is -2.85. The maximum atomic E-state index is 4.75. The Bertz CT molecular complexity index is 918. The predicted molar refractivity (Wildman–Crippen MR) is 94.0 cm³/mol. The van der Waals surface area contributed by atoms with Gasteiger partial charge in [-0.05, 0) is 29.3 Å². The van der Waals surface area contributed by atoms with Crippen LogP contribution in [0.4, 0.5) is 0 Å². The molecule has 0 aliphatic carbocycles. The van der Waals surface area contributed by atoms with E-state index in [2.05, 4.69) is 22.1 Å². The van der Waals surface area contributed by atoms with Crippen LogP contribution in [0.15, 0.2) is 78.6 Å². The first-order chi connectivity index (χ1) is 11.4. The fourth-order valence-electron chi connectivity index (χ4n) is 2.46. The predicted octanol–water partition coefficient (Wildman–Crippen LogP) is 4.93. The van der Waals surface area contributed by atoms with Gasteiger partial charge in [0.1, 0.15) is 10.7 Å². The molecule has 4 aromatic rings. The summed E-state index contributed by atoms with van der Waals surface area (Å²) in [7, 11) is 0. The van der Waals surface area contributed by atoms with Crippen molar-refractivity contribution in [2.75, 3.05) is 0 Å². The fourth-order valence-corrected chi connectivity index (χ4v) is 3.30. The molecule has 0 N–H and O–H groups in total. The first kappa shape index (κ1) is 13.8. The molecule has 0 atom stereocenters. The number of hydrogen-bond acceptors (Lipinski definition) is 4. The van der Waals surface area contributed by atoms with Crippen molar-refractivity contribution in [3.05, 3.63) is 78.6 Å². The highest BCUT2D eigenvalue weighted by molar-refractivity contribution is 7.13. The topological polar surface area (TPSA) is 38.7 Å². The lowest BCUT2D eigenvalue weighted by Gasteiger charge is -2.06. The third-order valence-electron chi connectivity index (χ3n) is 3.57. The molecule has 23 heavy (non-hydrogen) atoms. The van der Waals surface area contributed by atoms with Gasteiger partial charge in [0.15, 0.2) is 0 Å². The Morgan fingerprint density at radius 3 is 2.43 bits per heavy atom. The van der Waals surface area contributed by atoms with Gasteiger partial charge < -0.3 is 0 Å². The van der Waals surface area contributed by atoms with Crippen LogP contribution >= 0.6 is 11.3 Å². The Balaban J connectivity index is 1.79. The van der Waals surface area contributed by atoms with E-state index >= 15 is 0 Å². The van der Waals surface area contributed by atoms with Gasteiger partial charge in [0.2, 0.25) is 0 Å². The Morgan fingerprint density at radius 2 is 1.61 bits per heavy atom. The fraction of sp³-hybridized carbons (Fsp3) is 0. The summed E-state index contributed by atoms with van der Waals surface area (Å²) in [6, 6.07) is 18.2. The quantitative estimate of drug-likeness (QED) is 0.538. The van der Waals surface area contributed by atoms with Crippen LogP contribution in [0, 0.1) is 0 Å². The third-order valence-corrected chi connectivity index (χ3v) is 4.44. The summed E-state index contributed by atoms with van der Waals surface area (Å²) < 4.78 is 0. The van der Waals surface area contributed by atoms with Gasteiger partial charge in [-0.1, -0.05) is 36.4 Å². The highest BCUT2D eigenvalue weighted by Crippen LogP contribution is 2.34. The summed E-state index contributed by atoms with van der Waals surface area (Å²) in [5.74, 6) is 0. The second kappa shape index (κ2) is 6.10. The van der Waals surface area contributed by atoms with Gasteiger partial charge in [-0.3, -0.25) is 9.97 Å². The molecule has 0 spiro atoms. The van der Waals surface area contributed by atoms with Crippen molar-refractivity contribution in [3.63, 3.8) is 0 Å². The zero-order chi connectivity index (χ0) is 15.5. The van der Waals surface area contributed by atoms with Crippen LogP contribution in [0.3, 0.4) is 0 Å².